The van der Waals surface area contributed by atoms with Crippen molar-refractivity contribution in [2.75, 3.05) is 13.6 Å². The number of hydrogen-bond acceptors (Lipinski definition) is 1. The van der Waals surface area contributed by atoms with Gasteiger partial charge in [0.2, 0.25) is 0 Å². The highest BCUT2D eigenvalue weighted by Crippen LogP contribution is 2.34. The summed E-state index contributed by atoms with van der Waals surface area (Å²) in [4.78, 5) is 6.07. The van der Waals surface area contributed by atoms with Gasteiger partial charge in [-0.15, -0.1) is 0 Å². The van der Waals surface area contributed by atoms with Gasteiger partial charge in [0, 0.05) is 25.0 Å². The fourth-order valence-electron chi connectivity index (χ4n) is 2.13. The lowest BCUT2D eigenvalue weighted by Crippen LogP contribution is -2.14. The molecule has 0 fully saturated rings. The van der Waals surface area contributed by atoms with Gasteiger partial charge in [-0.3, -0.25) is 0 Å². The molecule has 26 heavy (non-hydrogen) atoms. The van der Waals surface area contributed by atoms with Crippen LogP contribution in [0.15, 0.2) is 35.3 Å². The van der Waals surface area contributed by atoms with Crippen LogP contribution in [0.25, 0.3) is 0 Å². The number of alkyl halides is 3. The standard InChI is InChI=1S/C18H16Cl2F4N2/c1-3-26(2)10-25-17-9-14(19)12(7-15(17)20)6-11-4-5-13(8-16(11)21)18(22,23)24/h4-5,7-10H,3,6H2,1-2H3/b25-10-. The average molecular weight is 407 g/mol. The second-order valence-corrected chi connectivity index (χ2v) is 6.51. The molecule has 0 heterocycles. The zero-order valence-electron chi connectivity index (χ0n) is 14.0. The van der Waals surface area contributed by atoms with E-state index in [0.717, 1.165) is 18.7 Å². The Balaban J connectivity index is 2.28. The highest BCUT2D eigenvalue weighted by molar-refractivity contribution is 6.35. The Labute approximate surface area is 159 Å². The van der Waals surface area contributed by atoms with Gasteiger partial charge >= 0.3 is 6.18 Å². The first kappa shape index (κ1) is 20.5. The van der Waals surface area contributed by atoms with Crippen LogP contribution >= 0.6 is 23.2 Å². The molecule has 0 aliphatic rings. The largest absolute Gasteiger partial charge is 0.416 e. The number of aliphatic imine (C=N–C) groups is 1. The van der Waals surface area contributed by atoms with Gasteiger partial charge in [-0.2, -0.15) is 13.2 Å². The Morgan fingerprint density at radius 2 is 1.77 bits per heavy atom. The zero-order valence-corrected chi connectivity index (χ0v) is 15.6. The minimum absolute atomic E-state index is 0.0153. The Hall–Kier alpha value is -1.79. The van der Waals surface area contributed by atoms with E-state index in [0.29, 0.717) is 27.4 Å². The molecule has 0 saturated heterocycles. The number of hydrogen-bond donors (Lipinski definition) is 0. The van der Waals surface area contributed by atoms with E-state index in [4.69, 9.17) is 23.2 Å². The van der Waals surface area contributed by atoms with Gasteiger partial charge < -0.3 is 4.90 Å². The first-order chi connectivity index (χ1) is 12.1. The van der Waals surface area contributed by atoms with E-state index in [1.807, 2.05) is 18.9 Å². The van der Waals surface area contributed by atoms with Crippen LogP contribution in [-0.4, -0.2) is 24.8 Å². The van der Waals surface area contributed by atoms with Crippen molar-refractivity contribution in [1.29, 1.82) is 0 Å². The maximum atomic E-state index is 14.0. The maximum Gasteiger partial charge on any atom is 0.416 e. The molecule has 0 amide bonds. The van der Waals surface area contributed by atoms with Crippen LogP contribution in [0.3, 0.4) is 0 Å². The van der Waals surface area contributed by atoms with Gasteiger partial charge in [0.05, 0.1) is 22.6 Å². The Kier molecular flexibility index (Phi) is 6.53. The minimum atomic E-state index is -4.59. The summed E-state index contributed by atoms with van der Waals surface area (Å²) in [5, 5.41) is 0.623. The molecule has 8 heteroatoms. The van der Waals surface area contributed by atoms with Gasteiger partial charge in [-0.25, -0.2) is 9.38 Å². The monoisotopic (exact) mass is 406 g/mol. The lowest BCUT2D eigenvalue weighted by Gasteiger charge is -2.12. The van der Waals surface area contributed by atoms with Crippen molar-refractivity contribution in [3.8, 4) is 0 Å². The Bertz CT molecular complexity index is 820. The average Bonchev–Trinajstić information content (AvgIpc) is 2.56. The first-order valence-electron chi connectivity index (χ1n) is 7.69. The summed E-state index contributed by atoms with van der Waals surface area (Å²) in [6.07, 6.45) is -2.97. The van der Waals surface area contributed by atoms with Crippen LogP contribution in [0.4, 0.5) is 23.2 Å². The van der Waals surface area contributed by atoms with E-state index in [1.54, 1.807) is 18.5 Å². The van der Waals surface area contributed by atoms with E-state index in [9.17, 15) is 17.6 Å². The summed E-state index contributed by atoms with van der Waals surface area (Å²) in [5.74, 6) is -0.946. The van der Waals surface area contributed by atoms with Crippen LogP contribution < -0.4 is 0 Å². The van der Waals surface area contributed by atoms with Crippen molar-refractivity contribution in [2.45, 2.75) is 19.5 Å². The van der Waals surface area contributed by atoms with E-state index >= 15 is 0 Å². The van der Waals surface area contributed by atoms with Gasteiger partial charge in [-0.1, -0.05) is 29.3 Å². The van der Waals surface area contributed by atoms with Gasteiger partial charge in [0.15, 0.2) is 0 Å². The highest BCUT2D eigenvalue weighted by Gasteiger charge is 2.31. The van der Waals surface area contributed by atoms with Crippen molar-refractivity contribution >= 4 is 35.2 Å². The predicted octanol–water partition coefficient (Wildman–Crippen LogP) is 6.35. The number of nitrogens with zero attached hydrogens (tertiary/aromatic N) is 2. The van der Waals surface area contributed by atoms with E-state index in [-0.39, 0.29) is 12.0 Å². The van der Waals surface area contributed by atoms with Crippen LogP contribution in [-0.2, 0) is 12.6 Å². The molecule has 2 rings (SSSR count). The molecule has 2 aromatic carbocycles. The van der Waals surface area contributed by atoms with Gasteiger partial charge in [0.1, 0.15) is 5.82 Å². The summed E-state index contributed by atoms with van der Waals surface area (Å²) in [6, 6.07) is 5.50. The molecule has 0 bridgehead atoms. The Morgan fingerprint density at radius 3 is 2.35 bits per heavy atom. The first-order valence-corrected chi connectivity index (χ1v) is 8.45. The molecule has 0 unspecified atom stereocenters. The molecule has 0 radical (unpaired) electrons. The minimum Gasteiger partial charge on any atom is -0.366 e. The van der Waals surface area contributed by atoms with E-state index in [1.165, 1.54) is 0 Å². The third kappa shape index (κ3) is 5.11. The molecule has 0 aromatic heterocycles. The summed E-state index contributed by atoms with van der Waals surface area (Å²) in [7, 11) is 1.85. The van der Waals surface area contributed by atoms with Crippen molar-refractivity contribution < 1.29 is 17.6 Å². The topological polar surface area (TPSA) is 15.6 Å². The quantitative estimate of drug-likeness (QED) is 0.320. The smallest absolute Gasteiger partial charge is 0.366 e. The van der Waals surface area contributed by atoms with Crippen molar-refractivity contribution in [2.24, 2.45) is 4.99 Å². The van der Waals surface area contributed by atoms with Crippen LogP contribution in [0, 0.1) is 5.82 Å². The third-order valence-corrected chi connectivity index (χ3v) is 4.42. The van der Waals surface area contributed by atoms with Crippen molar-refractivity contribution in [3.05, 3.63) is 62.9 Å². The number of rotatable bonds is 5. The third-order valence-electron chi connectivity index (χ3n) is 3.77. The molecule has 2 aromatic rings. The van der Waals surface area contributed by atoms with Crippen LogP contribution in [0.1, 0.15) is 23.6 Å². The molecule has 0 N–H and O–H groups in total. The molecule has 0 aliphatic carbocycles. The highest BCUT2D eigenvalue weighted by atomic mass is 35.5. The fourth-order valence-corrected chi connectivity index (χ4v) is 2.59. The molecule has 0 atom stereocenters. The number of benzene rings is 2. The zero-order chi connectivity index (χ0) is 19.5. The SMILES string of the molecule is CCN(C)/C=N\c1cc(Cl)c(Cc2ccc(C(F)(F)F)cc2F)cc1Cl. The lowest BCUT2D eigenvalue weighted by molar-refractivity contribution is -0.137. The van der Waals surface area contributed by atoms with Crippen molar-refractivity contribution in [1.82, 2.24) is 4.90 Å². The second-order valence-electron chi connectivity index (χ2n) is 5.69. The van der Waals surface area contributed by atoms with E-state index in [2.05, 4.69) is 4.99 Å². The van der Waals surface area contributed by atoms with Crippen LogP contribution in [0.2, 0.25) is 10.0 Å². The van der Waals surface area contributed by atoms with E-state index < -0.39 is 17.6 Å². The summed E-state index contributed by atoms with van der Waals surface area (Å²) >= 11 is 12.4. The normalized spacial score (nSPS) is 12.0. The van der Waals surface area contributed by atoms with Crippen molar-refractivity contribution in [3.63, 3.8) is 0 Å². The lowest BCUT2D eigenvalue weighted by atomic mass is 10.0. The number of halogens is 6. The maximum absolute atomic E-state index is 14.0. The molecule has 2 nitrogen and oxygen atoms in total. The molecule has 0 spiro atoms. The summed E-state index contributed by atoms with van der Waals surface area (Å²) < 4.78 is 51.9. The fraction of sp³-hybridized carbons (Fsp3) is 0.278. The molecular formula is C18H16Cl2F4N2. The Morgan fingerprint density at radius 1 is 1.08 bits per heavy atom. The molecular weight excluding hydrogens is 391 g/mol. The summed E-state index contributed by atoms with van der Waals surface area (Å²) in [6.45, 7) is 2.72. The second kappa shape index (κ2) is 8.27. The van der Waals surface area contributed by atoms with Gasteiger partial charge in [-0.05, 0) is 42.3 Å². The molecule has 140 valence electrons. The van der Waals surface area contributed by atoms with Gasteiger partial charge in [0.25, 0.3) is 0 Å². The predicted molar refractivity (Wildman–Crippen MR) is 97.1 cm³/mol. The summed E-state index contributed by atoms with van der Waals surface area (Å²) in [5.41, 5.74) is 0.0114. The van der Waals surface area contributed by atoms with Crippen LogP contribution in [0.5, 0.6) is 0 Å². The molecule has 0 aliphatic heterocycles. The molecule has 0 saturated carbocycles.